The molecule has 6 nitrogen and oxygen atoms in total. The Morgan fingerprint density at radius 1 is 1.06 bits per heavy atom. The highest BCUT2D eigenvalue weighted by Gasteiger charge is 2.06. The van der Waals surface area contributed by atoms with Gasteiger partial charge < -0.3 is 9.77 Å². The number of rotatable bonds is 3. The van der Waals surface area contributed by atoms with Gasteiger partial charge in [-0.15, -0.1) is 0 Å². The first kappa shape index (κ1) is 22.7. The molecule has 0 spiro atoms. The fourth-order valence-corrected chi connectivity index (χ4v) is 3.39. The average molecular weight is 486 g/mol. The molecule has 1 heterocycles. The van der Waals surface area contributed by atoms with Gasteiger partial charge in [0.25, 0.3) is 0 Å². The van der Waals surface area contributed by atoms with Crippen LogP contribution in [0.2, 0.25) is 0 Å². The number of imidazole rings is 1. The second kappa shape index (κ2) is 10.4. The molecule has 0 atom stereocenters. The molecule has 7 heteroatoms. The summed E-state index contributed by atoms with van der Waals surface area (Å²) in [5.74, 6) is 0. The summed E-state index contributed by atoms with van der Waals surface area (Å²) in [6, 6.07) is 22.9. The van der Waals surface area contributed by atoms with Gasteiger partial charge in [-0.25, -0.2) is 4.98 Å². The van der Waals surface area contributed by atoms with Crippen LogP contribution in [0.25, 0.3) is 11.0 Å². The predicted octanol–water partition coefficient (Wildman–Crippen LogP) is 5.72. The highest BCUT2D eigenvalue weighted by molar-refractivity contribution is 9.10. The topological polar surface area (TPSA) is 98.0 Å². The number of benzene rings is 3. The van der Waals surface area contributed by atoms with Crippen LogP contribution in [0.5, 0.6) is 0 Å². The van der Waals surface area contributed by atoms with Crippen molar-refractivity contribution in [3.63, 3.8) is 0 Å². The lowest BCUT2D eigenvalue weighted by atomic mass is 10.1. The van der Waals surface area contributed by atoms with Crippen LogP contribution in [0.4, 0.5) is 0 Å². The Morgan fingerprint density at radius 3 is 2.44 bits per heavy atom. The third-order valence-electron chi connectivity index (χ3n) is 4.97. The van der Waals surface area contributed by atoms with Gasteiger partial charge in [-0.2, -0.15) is 10.5 Å². The number of aryl methyl sites for hydroxylation is 2. The van der Waals surface area contributed by atoms with E-state index in [4.69, 9.17) is 15.7 Å². The molecule has 0 saturated heterocycles. The van der Waals surface area contributed by atoms with E-state index in [0.29, 0.717) is 11.1 Å². The summed E-state index contributed by atoms with van der Waals surface area (Å²) in [7, 11) is 0. The number of nitriles is 2. The van der Waals surface area contributed by atoms with Crippen molar-refractivity contribution < 1.29 is 5.21 Å². The second-order valence-electron chi connectivity index (χ2n) is 7.18. The van der Waals surface area contributed by atoms with Gasteiger partial charge in [-0.05, 0) is 66.9 Å². The van der Waals surface area contributed by atoms with Crippen LogP contribution in [0, 0.1) is 36.5 Å². The molecule has 0 aliphatic heterocycles. The normalized spacial score (nSPS) is 10.7. The van der Waals surface area contributed by atoms with Crippen molar-refractivity contribution in [1.29, 1.82) is 10.5 Å². The van der Waals surface area contributed by atoms with Gasteiger partial charge in [-0.1, -0.05) is 45.4 Å². The average Bonchev–Trinajstić information content (AvgIpc) is 3.18. The molecular weight excluding hydrogens is 466 g/mol. The lowest BCUT2D eigenvalue weighted by molar-refractivity contribution is 0.320. The van der Waals surface area contributed by atoms with E-state index in [1.54, 1.807) is 30.3 Å². The van der Waals surface area contributed by atoms with Crippen molar-refractivity contribution in [2.45, 2.75) is 20.4 Å². The Bertz CT molecular complexity index is 1360. The van der Waals surface area contributed by atoms with Crippen LogP contribution >= 0.6 is 15.9 Å². The third kappa shape index (κ3) is 5.40. The first-order valence-corrected chi connectivity index (χ1v) is 10.5. The Labute approximate surface area is 194 Å². The van der Waals surface area contributed by atoms with Gasteiger partial charge in [-0.3, -0.25) is 0 Å². The monoisotopic (exact) mass is 485 g/mol. The maximum absolute atomic E-state index is 8.96. The summed E-state index contributed by atoms with van der Waals surface area (Å²) >= 11 is 3.25. The zero-order valence-electron chi connectivity index (χ0n) is 17.6. The molecule has 0 saturated carbocycles. The molecule has 0 unspecified atom stereocenters. The van der Waals surface area contributed by atoms with Crippen LogP contribution in [0.15, 0.2) is 76.6 Å². The summed E-state index contributed by atoms with van der Waals surface area (Å²) in [5.41, 5.74) is 7.10. The minimum atomic E-state index is 0.0162. The van der Waals surface area contributed by atoms with Crippen molar-refractivity contribution in [2.75, 3.05) is 0 Å². The van der Waals surface area contributed by atoms with E-state index in [1.165, 1.54) is 11.1 Å². The molecule has 0 aliphatic rings. The van der Waals surface area contributed by atoms with Gasteiger partial charge in [0.05, 0.1) is 29.0 Å². The van der Waals surface area contributed by atoms with E-state index in [-0.39, 0.29) is 5.71 Å². The largest absolute Gasteiger partial charge is 0.410 e. The number of halogens is 1. The van der Waals surface area contributed by atoms with Crippen LogP contribution in [-0.2, 0) is 6.54 Å². The van der Waals surface area contributed by atoms with Crippen LogP contribution in [-0.4, -0.2) is 20.5 Å². The molecule has 4 rings (SSSR count). The van der Waals surface area contributed by atoms with Crippen molar-refractivity contribution in [3.8, 4) is 12.1 Å². The molecule has 4 aromatic rings. The SMILES string of the molecule is Cc1cc2ncn(Cc3cccc(C#N)c3)c2cc1C.N#C/C(=N\O)c1ccc(Br)cc1. The number of hydrogen-bond donors (Lipinski definition) is 1. The van der Waals surface area contributed by atoms with E-state index in [9.17, 15) is 0 Å². The molecule has 1 N–H and O–H groups in total. The van der Waals surface area contributed by atoms with Gasteiger partial charge in [0.15, 0.2) is 5.71 Å². The van der Waals surface area contributed by atoms with Crippen molar-refractivity contribution in [1.82, 2.24) is 9.55 Å². The molecule has 0 bridgehead atoms. The fourth-order valence-electron chi connectivity index (χ4n) is 3.13. The Hall–Kier alpha value is -3.94. The van der Waals surface area contributed by atoms with Crippen molar-refractivity contribution >= 4 is 32.7 Å². The molecule has 158 valence electrons. The Morgan fingerprint density at radius 2 is 1.78 bits per heavy atom. The van der Waals surface area contributed by atoms with Crippen LogP contribution in [0.3, 0.4) is 0 Å². The molecule has 0 radical (unpaired) electrons. The van der Waals surface area contributed by atoms with Gasteiger partial charge in [0.2, 0.25) is 0 Å². The second-order valence-corrected chi connectivity index (χ2v) is 8.09. The first-order valence-electron chi connectivity index (χ1n) is 9.74. The van der Waals surface area contributed by atoms with E-state index in [2.05, 4.69) is 62.7 Å². The highest BCUT2D eigenvalue weighted by Crippen LogP contribution is 2.19. The summed E-state index contributed by atoms with van der Waals surface area (Å²) in [6.45, 7) is 4.95. The van der Waals surface area contributed by atoms with Crippen LogP contribution in [0.1, 0.15) is 27.8 Å². The van der Waals surface area contributed by atoms with Gasteiger partial charge in [0.1, 0.15) is 6.07 Å². The molecule has 3 aromatic carbocycles. The number of nitrogens with zero attached hydrogens (tertiary/aromatic N) is 5. The highest BCUT2D eigenvalue weighted by atomic mass is 79.9. The zero-order valence-corrected chi connectivity index (χ0v) is 19.2. The van der Waals surface area contributed by atoms with E-state index < -0.39 is 0 Å². The molecule has 0 amide bonds. The fraction of sp³-hybridized carbons (Fsp3) is 0.120. The number of oxime groups is 1. The molecule has 0 aliphatic carbocycles. The number of fused-ring (bicyclic) bond motifs is 1. The molecule has 32 heavy (non-hydrogen) atoms. The lowest BCUT2D eigenvalue weighted by Gasteiger charge is -2.06. The molecular formula is C25H20BrN5O. The van der Waals surface area contributed by atoms with Crippen molar-refractivity contribution in [2.24, 2.45) is 5.16 Å². The minimum absolute atomic E-state index is 0.0162. The van der Waals surface area contributed by atoms with Crippen LogP contribution < -0.4 is 0 Å². The summed E-state index contributed by atoms with van der Waals surface area (Å²) in [6.07, 6.45) is 1.86. The molecule has 1 aromatic heterocycles. The van der Waals surface area contributed by atoms with E-state index in [0.717, 1.165) is 27.6 Å². The van der Waals surface area contributed by atoms with Gasteiger partial charge >= 0.3 is 0 Å². The predicted molar refractivity (Wildman–Crippen MR) is 128 cm³/mol. The summed E-state index contributed by atoms with van der Waals surface area (Å²) in [5, 5.41) is 28.7. The minimum Gasteiger partial charge on any atom is -0.410 e. The molecule has 0 fully saturated rings. The third-order valence-corrected chi connectivity index (χ3v) is 5.50. The Balaban J connectivity index is 0.000000207. The number of aromatic nitrogens is 2. The standard InChI is InChI=1S/C17H15N3.C8H5BrN2O/c1-12-6-16-17(7-13(12)2)20(11-19-16)10-15-5-3-4-14(8-15)9-18;9-7-3-1-6(2-4-7)8(5-10)11-12/h3-8,11H,10H2,1-2H3;1-4,12H/b;11-8+. The van der Waals surface area contributed by atoms with E-state index in [1.807, 2.05) is 30.6 Å². The maximum atomic E-state index is 8.96. The van der Waals surface area contributed by atoms with Crippen molar-refractivity contribution in [3.05, 3.63) is 99.3 Å². The Kier molecular flexibility index (Phi) is 7.38. The van der Waals surface area contributed by atoms with Gasteiger partial charge in [0, 0.05) is 16.6 Å². The summed E-state index contributed by atoms with van der Waals surface area (Å²) in [4.78, 5) is 4.46. The maximum Gasteiger partial charge on any atom is 0.186 e. The smallest absolute Gasteiger partial charge is 0.186 e. The zero-order chi connectivity index (χ0) is 23.1. The quantitative estimate of drug-likeness (QED) is 0.227. The van der Waals surface area contributed by atoms with E-state index >= 15 is 0 Å². The summed E-state index contributed by atoms with van der Waals surface area (Å²) < 4.78 is 3.04. The number of hydrogen-bond acceptors (Lipinski definition) is 5. The first-order chi connectivity index (χ1) is 15.4. The lowest BCUT2D eigenvalue weighted by Crippen LogP contribution is -1.98.